The van der Waals surface area contributed by atoms with Crippen LogP contribution in [0.5, 0.6) is 0 Å². The van der Waals surface area contributed by atoms with Gasteiger partial charge in [0.1, 0.15) is 18.0 Å². The van der Waals surface area contributed by atoms with Crippen LogP contribution in [0.4, 0.5) is 11.6 Å². The zero-order chi connectivity index (χ0) is 14.8. The van der Waals surface area contributed by atoms with Crippen LogP contribution in [-0.4, -0.2) is 78.2 Å². The highest BCUT2D eigenvalue weighted by Crippen LogP contribution is 2.20. The fourth-order valence-electron chi connectivity index (χ4n) is 3.88. The molecule has 2 bridgehead atoms. The zero-order valence-corrected chi connectivity index (χ0v) is 13.2. The molecule has 0 spiro atoms. The number of rotatable bonds is 4. The molecule has 4 aliphatic rings. The first-order chi connectivity index (χ1) is 10.9. The molecule has 1 aromatic heterocycles. The summed E-state index contributed by atoms with van der Waals surface area (Å²) in [4.78, 5) is 16.4. The molecule has 4 saturated heterocycles. The minimum atomic E-state index is 0.621. The van der Waals surface area contributed by atoms with E-state index >= 15 is 0 Å². The van der Waals surface area contributed by atoms with Gasteiger partial charge in [0.15, 0.2) is 0 Å². The van der Waals surface area contributed by atoms with Gasteiger partial charge in [-0.25, -0.2) is 9.97 Å². The van der Waals surface area contributed by atoms with E-state index in [2.05, 4.69) is 36.1 Å². The third-order valence-corrected chi connectivity index (χ3v) is 5.24. The molecule has 0 aliphatic carbocycles. The second kappa shape index (κ2) is 6.38. The fraction of sp³-hybridized carbons (Fsp3) is 0.750. The zero-order valence-electron chi connectivity index (χ0n) is 13.2. The predicted molar refractivity (Wildman–Crippen MR) is 88.4 cm³/mol. The normalized spacial score (nSPS) is 31.3. The van der Waals surface area contributed by atoms with Crippen molar-refractivity contribution >= 4 is 11.6 Å². The van der Waals surface area contributed by atoms with Gasteiger partial charge < -0.3 is 10.2 Å². The molecule has 1 atom stereocenters. The number of fused-ring (bicyclic) bond motifs is 3. The van der Waals surface area contributed by atoms with E-state index in [0.717, 1.165) is 31.3 Å². The van der Waals surface area contributed by atoms with Gasteiger partial charge in [0.25, 0.3) is 0 Å². The second-order valence-corrected chi connectivity index (χ2v) is 6.68. The van der Waals surface area contributed by atoms with Gasteiger partial charge >= 0.3 is 0 Å². The maximum Gasteiger partial charge on any atom is 0.134 e. The lowest BCUT2D eigenvalue weighted by molar-refractivity contribution is 0.0189. The number of nitrogens with zero attached hydrogens (tertiary/aromatic N) is 5. The van der Waals surface area contributed by atoms with Crippen LogP contribution in [0.1, 0.15) is 19.3 Å². The van der Waals surface area contributed by atoms with Crippen LogP contribution in [0, 0.1) is 0 Å². The molecule has 0 radical (unpaired) electrons. The lowest BCUT2D eigenvalue weighted by Crippen LogP contribution is -2.62. The van der Waals surface area contributed by atoms with E-state index < -0.39 is 0 Å². The SMILES string of the molecule is c1nc(NCC2CN3CCN2CC3)cc(N2CCCCC2)n1. The molecule has 6 heteroatoms. The lowest BCUT2D eigenvalue weighted by Gasteiger charge is -2.47. The molecule has 1 unspecified atom stereocenters. The van der Waals surface area contributed by atoms with Crippen molar-refractivity contribution < 1.29 is 0 Å². The van der Waals surface area contributed by atoms with Crippen molar-refractivity contribution in [3.8, 4) is 0 Å². The molecule has 1 N–H and O–H groups in total. The standard InChI is InChI=1S/C16H26N6/c1-2-4-22(5-3-1)16-10-15(18-13-19-16)17-11-14-12-20-6-8-21(14)9-7-20/h10,13-14H,1-9,11-12H2,(H,17,18,19). The van der Waals surface area contributed by atoms with Crippen LogP contribution in [0.25, 0.3) is 0 Å². The number of nitrogens with one attached hydrogen (secondary N) is 1. The molecular weight excluding hydrogens is 276 g/mol. The monoisotopic (exact) mass is 302 g/mol. The first kappa shape index (κ1) is 14.2. The molecular formula is C16H26N6. The molecule has 0 aromatic carbocycles. The van der Waals surface area contributed by atoms with Crippen LogP contribution >= 0.6 is 0 Å². The van der Waals surface area contributed by atoms with Crippen molar-refractivity contribution in [1.29, 1.82) is 0 Å². The van der Waals surface area contributed by atoms with Crippen molar-refractivity contribution in [3.05, 3.63) is 12.4 Å². The van der Waals surface area contributed by atoms with E-state index in [0.29, 0.717) is 6.04 Å². The minimum Gasteiger partial charge on any atom is -0.368 e. The maximum absolute atomic E-state index is 4.45. The Morgan fingerprint density at radius 3 is 2.55 bits per heavy atom. The highest BCUT2D eigenvalue weighted by molar-refractivity contribution is 5.48. The molecule has 4 aliphatic heterocycles. The van der Waals surface area contributed by atoms with Gasteiger partial charge in [0, 0.05) is 64.5 Å². The quantitative estimate of drug-likeness (QED) is 0.891. The Labute approximate surface area is 132 Å². The third kappa shape index (κ3) is 3.03. The molecule has 6 nitrogen and oxygen atoms in total. The largest absolute Gasteiger partial charge is 0.368 e. The summed E-state index contributed by atoms with van der Waals surface area (Å²) in [5.41, 5.74) is 0. The van der Waals surface area contributed by atoms with Crippen LogP contribution < -0.4 is 10.2 Å². The first-order valence-corrected chi connectivity index (χ1v) is 8.66. The van der Waals surface area contributed by atoms with E-state index in [-0.39, 0.29) is 0 Å². The fourth-order valence-corrected chi connectivity index (χ4v) is 3.88. The number of aromatic nitrogens is 2. The minimum absolute atomic E-state index is 0.621. The van der Waals surface area contributed by atoms with E-state index in [1.807, 2.05) is 0 Å². The first-order valence-electron chi connectivity index (χ1n) is 8.66. The molecule has 22 heavy (non-hydrogen) atoms. The number of anilines is 2. The average molecular weight is 302 g/mol. The Morgan fingerprint density at radius 2 is 1.82 bits per heavy atom. The summed E-state index contributed by atoms with van der Waals surface area (Å²) in [5, 5.41) is 3.53. The van der Waals surface area contributed by atoms with Gasteiger partial charge in [-0.2, -0.15) is 0 Å². The van der Waals surface area contributed by atoms with E-state index in [1.54, 1.807) is 6.33 Å². The highest BCUT2D eigenvalue weighted by atomic mass is 15.3. The van der Waals surface area contributed by atoms with Gasteiger partial charge in [0.2, 0.25) is 0 Å². The summed E-state index contributed by atoms with van der Waals surface area (Å²) in [6.45, 7) is 9.34. The van der Waals surface area contributed by atoms with Crippen LogP contribution in [0.15, 0.2) is 12.4 Å². The summed E-state index contributed by atoms with van der Waals surface area (Å²) in [6, 6.07) is 2.73. The van der Waals surface area contributed by atoms with Gasteiger partial charge in [-0.1, -0.05) is 0 Å². The van der Waals surface area contributed by atoms with Crippen LogP contribution in [0.3, 0.4) is 0 Å². The predicted octanol–water partition coefficient (Wildman–Crippen LogP) is 0.879. The summed E-state index contributed by atoms with van der Waals surface area (Å²) < 4.78 is 0. The Balaban J connectivity index is 1.36. The summed E-state index contributed by atoms with van der Waals surface area (Å²) >= 11 is 0. The second-order valence-electron chi connectivity index (χ2n) is 6.68. The number of piperidine rings is 1. The highest BCUT2D eigenvalue weighted by Gasteiger charge is 2.31. The molecule has 5 heterocycles. The van der Waals surface area contributed by atoms with Crippen LogP contribution in [0.2, 0.25) is 0 Å². The van der Waals surface area contributed by atoms with E-state index in [4.69, 9.17) is 0 Å². The van der Waals surface area contributed by atoms with Crippen LogP contribution in [-0.2, 0) is 0 Å². The van der Waals surface area contributed by atoms with E-state index in [1.165, 1.54) is 52.0 Å². The van der Waals surface area contributed by atoms with E-state index in [9.17, 15) is 0 Å². The number of piperazine rings is 3. The summed E-state index contributed by atoms with van der Waals surface area (Å²) in [6.07, 6.45) is 5.60. The van der Waals surface area contributed by atoms with Crippen molar-refractivity contribution in [2.24, 2.45) is 0 Å². The average Bonchev–Trinajstić information content (AvgIpc) is 2.62. The molecule has 5 rings (SSSR count). The van der Waals surface area contributed by atoms with Gasteiger partial charge in [-0.3, -0.25) is 9.80 Å². The van der Waals surface area contributed by atoms with Gasteiger partial charge in [-0.05, 0) is 19.3 Å². The smallest absolute Gasteiger partial charge is 0.134 e. The molecule has 0 amide bonds. The third-order valence-electron chi connectivity index (χ3n) is 5.24. The van der Waals surface area contributed by atoms with Crippen molar-refractivity contribution in [2.75, 3.05) is 62.6 Å². The van der Waals surface area contributed by atoms with Gasteiger partial charge in [0.05, 0.1) is 0 Å². The lowest BCUT2D eigenvalue weighted by atomic mass is 10.1. The number of hydrogen-bond acceptors (Lipinski definition) is 6. The Kier molecular flexibility index (Phi) is 4.12. The molecule has 1 aromatic rings. The summed E-state index contributed by atoms with van der Waals surface area (Å²) in [5.74, 6) is 2.04. The molecule has 4 fully saturated rings. The van der Waals surface area contributed by atoms with Crippen molar-refractivity contribution in [1.82, 2.24) is 19.8 Å². The Bertz CT molecular complexity index is 493. The Morgan fingerprint density at radius 1 is 1.00 bits per heavy atom. The maximum atomic E-state index is 4.45. The van der Waals surface area contributed by atoms with Crippen molar-refractivity contribution in [3.63, 3.8) is 0 Å². The van der Waals surface area contributed by atoms with Crippen molar-refractivity contribution in [2.45, 2.75) is 25.3 Å². The number of hydrogen-bond donors (Lipinski definition) is 1. The van der Waals surface area contributed by atoms with Gasteiger partial charge in [-0.15, -0.1) is 0 Å². The Hall–Kier alpha value is -1.40. The summed E-state index contributed by atoms with van der Waals surface area (Å²) in [7, 11) is 0. The molecule has 120 valence electrons. The molecule has 0 saturated carbocycles. The topological polar surface area (TPSA) is 47.5 Å².